The second-order valence-electron chi connectivity index (χ2n) is 5.91. The first-order valence-electron chi connectivity index (χ1n) is 7.34. The summed E-state index contributed by atoms with van der Waals surface area (Å²) in [5, 5.41) is 0. The smallest absolute Gasteiger partial charge is 0.256 e. The molecule has 3 nitrogen and oxygen atoms in total. The van der Waals surface area contributed by atoms with E-state index in [4.69, 9.17) is 0 Å². The maximum atomic E-state index is 13.7. The van der Waals surface area contributed by atoms with E-state index in [1.165, 1.54) is 0 Å². The van der Waals surface area contributed by atoms with Gasteiger partial charge in [-0.25, -0.2) is 8.78 Å². The lowest BCUT2D eigenvalue weighted by Crippen LogP contribution is -2.36. The number of likely N-dealkylation sites (N-methyl/N-ethyl adjacent to an activating group) is 1. The van der Waals surface area contributed by atoms with Crippen molar-refractivity contribution < 1.29 is 13.6 Å². The Morgan fingerprint density at radius 1 is 1.33 bits per heavy atom. The van der Waals surface area contributed by atoms with E-state index in [1.807, 2.05) is 14.1 Å². The van der Waals surface area contributed by atoms with Crippen LogP contribution >= 0.6 is 0 Å². The van der Waals surface area contributed by atoms with Crippen molar-refractivity contribution in [3.63, 3.8) is 0 Å². The molecule has 0 unspecified atom stereocenters. The minimum absolute atomic E-state index is 0.176. The quantitative estimate of drug-likeness (QED) is 0.853. The highest BCUT2D eigenvalue weighted by molar-refractivity contribution is 5.94. The SMILES string of the molecule is CCC[C@@H]1CN(C(=O)c2cc(F)ccc2F)C[C@H]1N(C)C. The van der Waals surface area contributed by atoms with Crippen LogP contribution in [0.3, 0.4) is 0 Å². The molecule has 0 aromatic heterocycles. The number of nitrogens with zero attached hydrogens (tertiary/aromatic N) is 2. The number of amides is 1. The molecule has 1 amide bonds. The molecule has 1 aliphatic heterocycles. The van der Waals surface area contributed by atoms with Crippen molar-refractivity contribution in [1.29, 1.82) is 0 Å². The third kappa shape index (κ3) is 3.40. The number of benzene rings is 1. The van der Waals surface area contributed by atoms with Crippen LogP contribution in [0, 0.1) is 17.6 Å². The zero-order valence-electron chi connectivity index (χ0n) is 12.8. The molecule has 0 saturated carbocycles. The van der Waals surface area contributed by atoms with E-state index < -0.39 is 17.5 Å². The highest BCUT2D eigenvalue weighted by Gasteiger charge is 2.36. The molecule has 1 fully saturated rings. The van der Waals surface area contributed by atoms with Crippen molar-refractivity contribution in [1.82, 2.24) is 9.80 Å². The van der Waals surface area contributed by atoms with Crippen LogP contribution < -0.4 is 0 Å². The molecule has 0 spiro atoms. The largest absolute Gasteiger partial charge is 0.337 e. The highest BCUT2D eigenvalue weighted by atomic mass is 19.1. The third-order valence-corrected chi connectivity index (χ3v) is 4.18. The maximum Gasteiger partial charge on any atom is 0.256 e. The fraction of sp³-hybridized carbons (Fsp3) is 0.562. The summed E-state index contributed by atoms with van der Waals surface area (Å²) in [6, 6.07) is 3.28. The number of rotatable bonds is 4. The van der Waals surface area contributed by atoms with E-state index in [1.54, 1.807) is 4.90 Å². The molecule has 116 valence electrons. The van der Waals surface area contributed by atoms with E-state index in [0.29, 0.717) is 19.0 Å². The van der Waals surface area contributed by atoms with E-state index >= 15 is 0 Å². The van der Waals surface area contributed by atoms with Gasteiger partial charge in [0.1, 0.15) is 11.6 Å². The van der Waals surface area contributed by atoms with Crippen LogP contribution in [0.5, 0.6) is 0 Å². The minimum Gasteiger partial charge on any atom is -0.337 e. The summed E-state index contributed by atoms with van der Waals surface area (Å²) in [6.45, 7) is 3.28. The predicted molar refractivity (Wildman–Crippen MR) is 78.1 cm³/mol. The second-order valence-corrected chi connectivity index (χ2v) is 5.91. The van der Waals surface area contributed by atoms with Gasteiger partial charge >= 0.3 is 0 Å². The summed E-state index contributed by atoms with van der Waals surface area (Å²) in [6.07, 6.45) is 2.07. The Bertz CT molecular complexity index is 519. The Morgan fingerprint density at radius 3 is 2.67 bits per heavy atom. The first-order chi connectivity index (χ1) is 9.93. The predicted octanol–water partition coefficient (Wildman–Crippen LogP) is 2.77. The summed E-state index contributed by atoms with van der Waals surface area (Å²) in [4.78, 5) is 16.2. The average Bonchev–Trinajstić information content (AvgIpc) is 2.85. The summed E-state index contributed by atoms with van der Waals surface area (Å²) < 4.78 is 27.0. The van der Waals surface area contributed by atoms with Crippen molar-refractivity contribution >= 4 is 5.91 Å². The van der Waals surface area contributed by atoms with Gasteiger partial charge in [0.25, 0.3) is 5.91 Å². The van der Waals surface area contributed by atoms with Crippen LogP contribution in [0.1, 0.15) is 30.1 Å². The molecular weight excluding hydrogens is 274 g/mol. The van der Waals surface area contributed by atoms with E-state index in [-0.39, 0.29) is 11.6 Å². The van der Waals surface area contributed by atoms with Crippen LogP contribution in [0.4, 0.5) is 8.78 Å². The summed E-state index contributed by atoms with van der Waals surface area (Å²) in [5.41, 5.74) is -0.176. The average molecular weight is 296 g/mol. The molecule has 0 aliphatic carbocycles. The van der Waals surface area contributed by atoms with Gasteiger partial charge in [0.15, 0.2) is 0 Å². The number of likely N-dealkylation sites (tertiary alicyclic amines) is 1. The number of carbonyl (C=O) groups is 1. The van der Waals surface area contributed by atoms with Gasteiger partial charge in [0, 0.05) is 19.1 Å². The number of hydrogen-bond acceptors (Lipinski definition) is 2. The van der Waals surface area contributed by atoms with Gasteiger partial charge in [-0.05, 0) is 44.6 Å². The van der Waals surface area contributed by atoms with Crippen LogP contribution in [0.15, 0.2) is 18.2 Å². The second kappa shape index (κ2) is 6.52. The fourth-order valence-electron chi connectivity index (χ4n) is 3.09. The molecule has 21 heavy (non-hydrogen) atoms. The van der Waals surface area contributed by atoms with Gasteiger partial charge < -0.3 is 9.80 Å². The van der Waals surface area contributed by atoms with Crippen molar-refractivity contribution in [2.45, 2.75) is 25.8 Å². The first kappa shape index (κ1) is 15.9. The Morgan fingerprint density at radius 2 is 2.05 bits per heavy atom. The van der Waals surface area contributed by atoms with E-state index in [0.717, 1.165) is 31.0 Å². The summed E-state index contributed by atoms with van der Waals surface area (Å²) >= 11 is 0. The summed E-state index contributed by atoms with van der Waals surface area (Å²) in [5.74, 6) is -1.29. The molecule has 0 N–H and O–H groups in total. The number of carbonyl (C=O) groups excluding carboxylic acids is 1. The zero-order valence-corrected chi connectivity index (χ0v) is 12.8. The summed E-state index contributed by atoms with van der Waals surface area (Å²) in [7, 11) is 3.98. The minimum atomic E-state index is -0.665. The molecule has 5 heteroatoms. The van der Waals surface area contributed by atoms with Crippen LogP contribution in [0.2, 0.25) is 0 Å². The van der Waals surface area contributed by atoms with Gasteiger partial charge in [0.05, 0.1) is 5.56 Å². The monoisotopic (exact) mass is 296 g/mol. The lowest BCUT2D eigenvalue weighted by atomic mass is 9.98. The molecule has 2 atom stereocenters. The highest BCUT2D eigenvalue weighted by Crippen LogP contribution is 2.26. The van der Waals surface area contributed by atoms with Gasteiger partial charge in [0.2, 0.25) is 0 Å². The third-order valence-electron chi connectivity index (χ3n) is 4.18. The molecule has 1 heterocycles. The Kier molecular flexibility index (Phi) is 4.93. The van der Waals surface area contributed by atoms with Crippen molar-refractivity contribution in [3.05, 3.63) is 35.4 Å². The van der Waals surface area contributed by atoms with Gasteiger partial charge in [-0.2, -0.15) is 0 Å². The maximum absolute atomic E-state index is 13.7. The topological polar surface area (TPSA) is 23.6 Å². The van der Waals surface area contributed by atoms with Crippen molar-refractivity contribution in [2.75, 3.05) is 27.2 Å². The lowest BCUT2D eigenvalue weighted by molar-refractivity contribution is 0.0775. The molecule has 1 aliphatic rings. The Hall–Kier alpha value is -1.49. The van der Waals surface area contributed by atoms with E-state index in [2.05, 4.69) is 11.8 Å². The molecule has 0 bridgehead atoms. The van der Waals surface area contributed by atoms with Crippen molar-refractivity contribution in [3.8, 4) is 0 Å². The number of halogens is 2. The lowest BCUT2D eigenvalue weighted by Gasteiger charge is -2.24. The van der Waals surface area contributed by atoms with Crippen LogP contribution in [-0.4, -0.2) is 48.9 Å². The van der Waals surface area contributed by atoms with Crippen LogP contribution in [-0.2, 0) is 0 Å². The molecule has 1 aromatic carbocycles. The molecule has 2 rings (SSSR count). The van der Waals surface area contributed by atoms with E-state index in [9.17, 15) is 13.6 Å². The van der Waals surface area contributed by atoms with Crippen LogP contribution in [0.25, 0.3) is 0 Å². The fourth-order valence-corrected chi connectivity index (χ4v) is 3.09. The number of hydrogen-bond donors (Lipinski definition) is 0. The van der Waals surface area contributed by atoms with Gasteiger partial charge in [-0.3, -0.25) is 4.79 Å². The zero-order chi connectivity index (χ0) is 15.6. The molecule has 0 radical (unpaired) electrons. The first-order valence-corrected chi connectivity index (χ1v) is 7.34. The Labute approximate surface area is 124 Å². The van der Waals surface area contributed by atoms with Gasteiger partial charge in [-0.15, -0.1) is 0 Å². The normalized spacial score (nSPS) is 22.1. The van der Waals surface area contributed by atoms with Crippen molar-refractivity contribution in [2.24, 2.45) is 5.92 Å². The van der Waals surface area contributed by atoms with Gasteiger partial charge in [-0.1, -0.05) is 13.3 Å². The standard InChI is InChI=1S/C16H22F2N2O/c1-4-5-11-9-20(10-15(11)19(2)3)16(21)13-8-12(17)6-7-14(13)18/h6-8,11,15H,4-5,9-10H2,1-3H3/t11-,15-/m1/s1. The molecular formula is C16H22F2N2O. The molecule has 1 aromatic rings. The Balaban J connectivity index is 2.18. The molecule has 1 saturated heterocycles.